The van der Waals surface area contributed by atoms with Crippen molar-refractivity contribution in [1.29, 1.82) is 0 Å². The van der Waals surface area contributed by atoms with E-state index in [2.05, 4.69) is 34.9 Å². The average molecular weight is 335 g/mol. The minimum Gasteiger partial charge on any atom is -0.465 e. The highest BCUT2D eigenvalue weighted by atomic mass is 79.9. The Morgan fingerprint density at radius 2 is 2.17 bits per heavy atom. The number of aromatic nitrogens is 2. The molecule has 6 heteroatoms. The molecule has 0 atom stereocenters. The van der Waals surface area contributed by atoms with Crippen molar-refractivity contribution in [3.05, 3.63) is 15.9 Å². The van der Waals surface area contributed by atoms with Gasteiger partial charge in [-0.1, -0.05) is 6.92 Å². The molecule has 0 N–H and O–H groups in total. The first kappa shape index (κ1) is 15.6. The molecule has 0 amide bonds. The van der Waals surface area contributed by atoms with Crippen molar-refractivity contribution in [2.45, 2.75) is 39.5 Å². The second-order valence-electron chi connectivity index (χ2n) is 3.67. The average Bonchev–Trinajstić information content (AvgIpc) is 2.66. The van der Waals surface area contributed by atoms with Crippen LogP contribution in [0.5, 0.6) is 0 Å². The van der Waals surface area contributed by atoms with Gasteiger partial charge in [0, 0.05) is 12.3 Å². The van der Waals surface area contributed by atoms with Crippen molar-refractivity contribution in [2.75, 3.05) is 12.4 Å². The first-order valence-corrected chi connectivity index (χ1v) is 8.06. The normalized spacial score (nSPS) is 10.7. The van der Waals surface area contributed by atoms with E-state index in [4.69, 9.17) is 4.74 Å². The van der Waals surface area contributed by atoms with Crippen molar-refractivity contribution >= 4 is 33.7 Å². The molecule has 1 aromatic heterocycles. The molecule has 0 fully saturated rings. The van der Waals surface area contributed by atoms with E-state index in [0.29, 0.717) is 12.4 Å². The maximum Gasteiger partial charge on any atom is 0.315 e. The Kier molecular flexibility index (Phi) is 6.78. The molecular formula is C12H19BrN2O2S. The predicted octanol–water partition coefficient (Wildman–Crippen LogP) is 3.02. The maximum atomic E-state index is 11.3. The molecule has 0 saturated heterocycles. The number of thioether (sulfide) groups is 1. The summed E-state index contributed by atoms with van der Waals surface area (Å²) in [5.74, 6) is 0.994. The Bertz CT molecular complexity index is 407. The summed E-state index contributed by atoms with van der Waals surface area (Å²) in [6.07, 6.45) is 0.906. The third-order valence-electron chi connectivity index (χ3n) is 2.46. The summed E-state index contributed by atoms with van der Waals surface area (Å²) < 4.78 is 7.96. The van der Waals surface area contributed by atoms with Gasteiger partial charge in [-0.3, -0.25) is 9.48 Å². The van der Waals surface area contributed by atoms with Crippen LogP contribution in [0.3, 0.4) is 0 Å². The number of carbonyl (C=O) groups excluding carboxylic acids is 1. The standard InChI is InChI=1S/C12H19BrN2O2S/c1-4-9-12(13)10(15(5-2)14-9)7-18-8-11(16)17-6-3/h4-8H2,1-3H3. The van der Waals surface area contributed by atoms with Gasteiger partial charge in [0.2, 0.25) is 0 Å². The van der Waals surface area contributed by atoms with Gasteiger partial charge in [-0.15, -0.1) is 11.8 Å². The highest BCUT2D eigenvalue weighted by Crippen LogP contribution is 2.26. The molecule has 4 nitrogen and oxygen atoms in total. The molecule has 0 spiro atoms. The molecule has 0 aromatic carbocycles. The first-order chi connectivity index (χ1) is 8.63. The smallest absolute Gasteiger partial charge is 0.315 e. The molecular weight excluding hydrogens is 316 g/mol. The van der Waals surface area contributed by atoms with Crippen molar-refractivity contribution in [2.24, 2.45) is 0 Å². The predicted molar refractivity (Wildman–Crippen MR) is 77.8 cm³/mol. The van der Waals surface area contributed by atoms with Gasteiger partial charge in [-0.25, -0.2) is 0 Å². The third kappa shape index (κ3) is 4.02. The number of hydrogen-bond donors (Lipinski definition) is 0. The summed E-state index contributed by atoms with van der Waals surface area (Å²) in [4.78, 5) is 11.3. The minimum atomic E-state index is -0.156. The quantitative estimate of drug-likeness (QED) is 0.719. The number of aryl methyl sites for hydroxylation is 2. The van der Waals surface area contributed by atoms with Crippen molar-refractivity contribution in [3.8, 4) is 0 Å². The lowest BCUT2D eigenvalue weighted by atomic mass is 10.3. The van der Waals surface area contributed by atoms with Gasteiger partial charge in [-0.2, -0.15) is 5.10 Å². The fourth-order valence-electron chi connectivity index (χ4n) is 1.59. The summed E-state index contributed by atoms with van der Waals surface area (Å²) in [7, 11) is 0. The maximum absolute atomic E-state index is 11.3. The van der Waals surface area contributed by atoms with Gasteiger partial charge in [-0.05, 0) is 36.2 Å². The van der Waals surface area contributed by atoms with Crippen molar-refractivity contribution in [3.63, 3.8) is 0 Å². The monoisotopic (exact) mass is 334 g/mol. The lowest BCUT2D eigenvalue weighted by molar-refractivity contribution is -0.139. The molecule has 0 bridgehead atoms. The SMILES string of the molecule is CCOC(=O)CSCc1c(Br)c(CC)nn1CC. The van der Waals surface area contributed by atoms with Crippen LogP contribution < -0.4 is 0 Å². The molecule has 1 rings (SSSR count). The number of ether oxygens (including phenoxy) is 1. The van der Waals surface area contributed by atoms with Gasteiger partial charge in [0.05, 0.1) is 28.2 Å². The second kappa shape index (κ2) is 7.84. The molecule has 102 valence electrons. The zero-order chi connectivity index (χ0) is 13.5. The zero-order valence-electron chi connectivity index (χ0n) is 11.0. The summed E-state index contributed by atoms with van der Waals surface area (Å²) >= 11 is 5.14. The Morgan fingerprint density at radius 3 is 2.72 bits per heavy atom. The van der Waals surface area contributed by atoms with Crippen molar-refractivity contribution < 1.29 is 9.53 Å². The van der Waals surface area contributed by atoms with E-state index in [1.54, 1.807) is 11.8 Å². The molecule has 0 saturated carbocycles. The van der Waals surface area contributed by atoms with E-state index in [1.165, 1.54) is 0 Å². The largest absolute Gasteiger partial charge is 0.465 e. The summed E-state index contributed by atoms with van der Waals surface area (Å²) in [5.41, 5.74) is 2.22. The Morgan fingerprint density at radius 1 is 1.44 bits per heavy atom. The fourth-order valence-corrected chi connectivity index (χ4v) is 3.32. The molecule has 0 aliphatic rings. The first-order valence-electron chi connectivity index (χ1n) is 6.11. The summed E-state index contributed by atoms with van der Waals surface area (Å²) in [6.45, 7) is 7.25. The van der Waals surface area contributed by atoms with Crippen LogP contribution in [0.15, 0.2) is 4.47 Å². The van der Waals surface area contributed by atoms with Crippen LogP contribution in [0, 0.1) is 0 Å². The molecule has 18 heavy (non-hydrogen) atoms. The number of rotatable bonds is 7. The summed E-state index contributed by atoms with van der Waals surface area (Å²) in [6, 6.07) is 0. The zero-order valence-corrected chi connectivity index (χ0v) is 13.4. The highest BCUT2D eigenvalue weighted by Gasteiger charge is 2.14. The van der Waals surface area contributed by atoms with Crippen LogP contribution in [-0.4, -0.2) is 28.1 Å². The Hall–Kier alpha value is -0.490. The molecule has 0 unspecified atom stereocenters. The van der Waals surface area contributed by atoms with E-state index in [-0.39, 0.29) is 5.97 Å². The number of hydrogen-bond acceptors (Lipinski definition) is 4. The Labute approximate surface area is 121 Å². The van der Waals surface area contributed by atoms with E-state index >= 15 is 0 Å². The Balaban J connectivity index is 2.61. The van der Waals surface area contributed by atoms with Crippen LogP contribution in [0.4, 0.5) is 0 Å². The van der Waals surface area contributed by atoms with Gasteiger partial charge in [0.25, 0.3) is 0 Å². The van der Waals surface area contributed by atoms with Crippen molar-refractivity contribution in [1.82, 2.24) is 9.78 Å². The molecule has 1 heterocycles. The second-order valence-corrected chi connectivity index (χ2v) is 5.45. The number of carbonyl (C=O) groups is 1. The molecule has 1 aromatic rings. The van der Waals surface area contributed by atoms with E-state index in [1.807, 2.05) is 11.6 Å². The number of nitrogens with zero attached hydrogens (tertiary/aromatic N) is 2. The third-order valence-corrected chi connectivity index (χ3v) is 4.29. The highest BCUT2D eigenvalue weighted by molar-refractivity contribution is 9.10. The molecule has 0 aliphatic carbocycles. The number of esters is 1. The topological polar surface area (TPSA) is 44.1 Å². The van der Waals surface area contributed by atoms with E-state index in [0.717, 1.165) is 34.6 Å². The van der Waals surface area contributed by atoms with Gasteiger partial charge in [0.15, 0.2) is 0 Å². The van der Waals surface area contributed by atoms with Crippen LogP contribution in [0.1, 0.15) is 32.2 Å². The minimum absolute atomic E-state index is 0.156. The van der Waals surface area contributed by atoms with Crippen LogP contribution >= 0.6 is 27.7 Å². The van der Waals surface area contributed by atoms with Gasteiger partial charge >= 0.3 is 5.97 Å². The van der Waals surface area contributed by atoms with Gasteiger partial charge in [0.1, 0.15) is 0 Å². The molecule has 0 aliphatic heterocycles. The van der Waals surface area contributed by atoms with E-state index in [9.17, 15) is 4.79 Å². The van der Waals surface area contributed by atoms with Crippen LogP contribution in [0.2, 0.25) is 0 Å². The summed E-state index contributed by atoms with van der Waals surface area (Å²) in [5, 5.41) is 4.52. The van der Waals surface area contributed by atoms with Crippen LogP contribution in [-0.2, 0) is 28.2 Å². The lowest BCUT2D eigenvalue weighted by Crippen LogP contribution is -2.08. The molecule has 0 radical (unpaired) electrons. The fraction of sp³-hybridized carbons (Fsp3) is 0.667. The van der Waals surface area contributed by atoms with E-state index < -0.39 is 0 Å². The lowest BCUT2D eigenvalue weighted by Gasteiger charge is -2.05. The number of halogens is 1. The van der Waals surface area contributed by atoms with Gasteiger partial charge < -0.3 is 4.74 Å². The van der Waals surface area contributed by atoms with Crippen LogP contribution in [0.25, 0.3) is 0 Å².